The Morgan fingerprint density at radius 3 is 2.93 bits per heavy atom. The molecule has 1 aromatic heterocycles. The Labute approximate surface area is 102 Å². The summed E-state index contributed by atoms with van der Waals surface area (Å²) in [6.07, 6.45) is 4.21. The Morgan fingerprint density at radius 1 is 1.67 bits per heavy atom. The normalized spacial score (nSPS) is 14.8. The van der Waals surface area contributed by atoms with E-state index in [1.54, 1.807) is 19.3 Å². The second-order valence-corrected chi connectivity index (χ2v) is 4.56. The lowest BCUT2D eigenvalue weighted by atomic mass is 10.3. The maximum Gasteiger partial charge on any atom is 0.269 e. The van der Waals surface area contributed by atoms with Crippen molar-refractivity contribution in [3.05, 3.63) is 21.5 Å². The van der Waals surface area contributed by atoms with Crippen molar-refractivity contribution in [2.75, 3.05) is 7.05 Å². The van der Waals surface area contributed by atoms with Crippen LogP contribution in [0.15, 0.2) is 12.3 Å². The molecule has 0 unspecified atom stereocenters. The SMILES string of the molecule is CNC(=O)c1cc(I)c(OC2CC2)cn1. The van der Waals surface area contributed by atoms with Gasteiger partial charge in [-0.2, -0.15) is 0 Å². The van der Waals surface area contributed by atoms with Crippen LogP contribution in [0.5, 0.6) is 5.75 Å². The molecule has 0 saturated heterocycles. The number of ether oxygens (including phenoxy) is 1. The van der Waals surface area contributed by atoms with E-state index in [9.17, 15) is 4.79 Å². The second kappa shape index (κ2) is 4.34. The number of hydrogen-bond donors (Lipinski definition) is 1. The van der Waals surface area contributed by atoms with Gasteiger partial charge in [-0.15, -0.1) is 0 Å². The van der Waals surface area contributed by atoms with E-state index in [0.717, 1.165) is 22.2 Å². The zero-order valence-corrected chi connectivity index (χ0v) is 10.4. The molecule has 1 N–H and O–H groups in total. The fourth-order valence-electron chi connectivity index (χ4n) is 1.12. The quantitative estimate of drug-likeness (QED) is 0.861. The van der Waals surface area contributed by atoms with Crippen LogP contribution >= 0.6 is 22.6 Å². The minimum atomic E-state index is -0.175. The lowest BCUT2D eigenvalue weighted by molar-refractivity contribution is 0.0958. The molecule has 0 aliphatic heterocycles. The number of nitrogens with zero attached hydrogens (tertiary/aromatic N) is 1. The van der Waals surface area contributed by atoms with Gasteiger partial charge in [-0.25, -0.2) is 4.98 Å². The summed E-state index contributed by atoms with van der Waals surface area (Å²) in [5.74, 6) is 0.594. The fourth-order valence-corrected chi connectivity index (χ4v) is 1.68. The van der Waals surface area contributed by atoms with Crippen LogP contribution in [0, 0.1) is 3.57 Å². The van der Waals surface area contributed by atoms with Crippen molar-refractivity contribution in [3.8, 4) is 5.75 Å². The van der Waals surface area contributed by atoms with E-state index >= 15 is 0 Å². The number of carbonyl (C=O) groups excluding carboxylic acids is 1. The zero-order chi connectivity index (χ0) is 10.8. The third-order valence-corrected chi connectivity index (χ3v) is 2.94. The van der Waals surface area contributed by atoms with Crippen LogP contribution in [0.1, 0.15) is 23.3 Å². The molecule has 1 amide bonds. The average Bonchev–Trinajstić information content (AvgIpc) is 3.04. The molecule has 0 spiro atoms. The van der Waals surface area contributed by atoms with Gasteiger partial charge in [0.2, 0.25) is 0 Å². The first-order valence-corrected chi connectivity index (χ1v) is 5.83. The molecular formula is C10H11IN2O2. The minimum Gasteiger partial charge on any atom is -0.488 e. The topological polar surface area (TPSA) is 51.2 Å². The third-order valence-electron chi connectivity index (χ3n) is 2.10. The molecule has 1 aromatic rings. The summed E-state index contributed by atoms with van der Waals surface area (Å²) in [5.41, 5.74) is 0.421. The highest BCUT2D eigenvalue weighted by Crippen LogP contribution is 2.29. The van der Waals surface area contributed by atoms with Gasteiger partial charge in [0.1, 0.15) is 5.69 Å². The van der Waals surface area contributed by atoms with Crippen molar-refractivity contribution in [3.63, 3.8) is 0 Å². The Bertz CT molecular complexity index is 391. The molecule has 4 nitrogen and oxygen atoms in total. The van der Waals surface area contributed by atoms with Crippen LogP contribution < -0.4 is 10.1 Å². The predicted molar refractivity (Wildman–Crippen MR) is 64.0 cm³/mol. The summed E-state index contributed by atoms with van der Waals surface area (Å²) in [7, 11) is 1.59. The zero-order valence-electron chi connectivity index (χ0n) is 8.29. The highest BCUT2D eigenvalue weighted by molar-refractivity contribution is 14.1. The summed E-state index contributed by atoms with van der Waals surface area (Å²) in [5, 5.41) is 2.54. The molecule has 1 saturated carbocycles. The van der Waals surface area contributed by atoms with E-state index in [2.05, 4.69) is 32.9 Å². The first-order valence-electron chi connectivity index (χ1n) is 4.75. The van der Waals surface area contributed by atoms with Gasteiger partial charge < -0.3 is 10.1 Å². The van der Waals surface area contributed by atoms with Gasteiger partial charge in [-0.1, -0.05) is 0 Å². The Balaban J connectivity index is 2.17. The highest BCUT2D eigenvalue weighted by atomic mass is 127. The third kappa shape index (κ3) is 2.58. The number of nitrogens with one attached hydrogen (secondary N) is 1. The lowest BCUT2D eigenvalue weighted by Gasteiger charge is -2.07. The van der Waals surface area contributed by atoms with Gasteiger partial charge in [0.15, 0.2) is 5.75 Å². The van der Waals surface area contributed by atoms with Gasteiger partial charge >= 0.3 is 0 Å². The molecule has 15 heavy (non-hydrogen) atoms. The molecule has 0 radical (unpaired) electrons. The van der Waals surface area contributed by atoms with Crippen LogP contribution in [-0.2, 0) is 0 Å². The van der Waals surface area contributed by atoms with E-state index in [1.807, 2.05) is 0 Å². The standard InChI is InChI=1S/C10H11IN2O2/c1-12-10(14)8-4-7(11)9(5-13-8)15-6-2-3-6/h4-6H,2-3H2,1H3,(H,12,14). The number of aromatic nitrogens is 1. The molecule has 0 bridgehead atoms. The maximum absolute atomic E-state index is 11.3. The summed E-state index contributed by atoms with van der Waals surface area (Å²) < 4.78 is 6.55. The molecule has 1 fully saturated rings. The minimum absolute atomic E-state index is 0.175. The number of rotatable bonds is 3. The molecular weight excluding hydrogens is 307 g/mol. The molecule has 1 heterocycles. The monoisotopic (exact) mass is 318 g/mol. The summed E-state index contributed by atoms with van der Waals surface area (Å²) in [4.78, 5) is 15.3. The van der Waals surface area contributed by atoms with E-state index in [1.165, 1.54) is 0 Å². The summed E-state index contributed by atoms with van der Waals surface area (Å²) in [6, 6.07) is 1.73. The Morgan fingerprint density at radius 2 is 2.40 bits per heavy atom. The van der Waals surface area contributed by atoms with Crippen LogP contribution in [0.3, 0.4) is 0 Å². The predicted octanol–water partition coefficient (Wildman–Crippen LogP) is 1.59. The van der Waals surface area contributed by atoms with Gasteiger partial charge in [0, 0.05) is 7.05 Å². The van der Waals surface area contributed by atoms with Crippen molar-refractivity contribution >= 4 is 28.5 Å². The van der Waals surface area contributed by atoms with Gasteiger partial charge in [-0.05, 0) is 41.5 Å². The molecule has 0 atom stereocenters. The van der Waals surface area contributed by atoms with Crippen molar-refractivity contribution < 1.29 is 9.53 Å². The Kier molecular flexibility index (Phi) is 3.08. The molecule has 5 heteroatoms. The van der Waals surface area contributed by atoms with Crippen molar-refractivity contribution in [2.24, 2.45) is 0 Å². The van der Waals surface area contributed by atoms with E-state index in [0.29, 0.717) is 11.8 Å². The smallest absolute Gasteiger partial charge is 0.269 e. The summed E-state index contributed by atoms with van der Waals surface area (Å²) >= 11 is 2.15. The molecule has 2 rings (SSSR count). The maximum atomic E-state index is 11.3. The second-order valence-electron chi connectivity index (χ2n) is 3.40. The number of halogens is 1. The van der Waals surface area contributed by atoms with Crippen LogP contribution in [-0.4, -0.2) is 24.0 Å². The number of hydrogen-bond acceptors (Lipinski definition) is 3. The van der Waals surface area contributed by atoms with Crippen LogP contribution in [0.25, 0.3) is 0 Å². The number of pyridine rings is 1. The van der Waals surface area contributed by atoms with Crippen LogP contribution in [0.4, 0.5) is 0 Å². The van der Waals surface area contributed by atoms with Crippen molar-refractivity contribution in [1.29, 1.82) is 0 Å². The molecule has 0 aromatic carbocycles. The summed E-state index contributed by atoms with van der Waals surface area (Å²) in [6.45, 7) is 0. The van der Waals surface area contributed by atoms with Crippen LogP contribution in [0.2, 0.25) is 0 Å². The van der Waals surface area contributed by atoms with E-state index < -0.39 is 0 Å². The van der Waals surface area contributed by atoms with Crippen molar-refractivity contribution in [1.82, 2.24) is 10.3 Å². The number of amides is 1. The molecule has 1 aliphatic carbocycles. The van der Waals surface area contributed by atoms with Crippen molar-refractivity contribution in [2.45, 2.75) is 18.9 Å². The number of carbonyl (C=O) groups is 1. The van der Waals surface area contributed by atoms with Gasteiger partial charge in [0.25, 0.3) is 5.91 Å². The van der Waals surface area contributed by atoms with Gasteiger partial charge in [0.05, 0.1) is 15.9 Å². The highest BCUT2D eigenvalue weighted by Gasteiger charge is 2.24. The average molecular weight is 318 g/mol. The Hall–Kier alpha value is -0.850. The first kappa shape index (κ1) is 10.7. The first-order chi connectivity index (χ1) is 7.20. The fraction of sp³-hybridized carbons (Fsp3) is 0.400. The lowest BCUT2D eigenvalue weighted by Crippen LogP contribution is -2.19. The molecule has 80 valence electrons. The largest absolute Gasteiger partial charge is 0.488 e. The van der Waals surface area contributed by atoms with Gasteiger partial charge in [-0.3, -0.25) is 4.79 Å². The van der Waals surface area contributed by atoms with E-state index in [4.69, 9.17) is 4.74 Å². The van der Waals surface area contributed by atoms with E-state index in [-0.39, 0.29) is 5.91 Å². The molecule has 1 aliphatic rings.